The number of halogens is 9. The van der Waals surface area contributed by atoms with E-state index in [9.17, 15) is 53.9 Å². The monoisotopic (exact) mass is 1670 g/mol. The van der Waals surface area contributed by atoms with Crippen molar-refractivity contribution in [3.05, 3.63) is 247 Å². The second-order valence-corrected chi connectivity index (χ2v) is 30.4. The van der Waals surface area contributed by atoms with E-state index >= 15 is 0 Å². The molecule has 3 aliphatic heterocycles. The molecule has 3 amide bonds. The third-order valence-corrected chi connectivity index (χ3v) is 21.6. The second-order valence-electron chi connectivity index (χ2n) is 30.4. The highest BCUT2D eigenvalue weighted by molar-refractivity contribution is 6.06. The Morgan fingerprint density at radius 1 is 0.410 bits per heavy atom. The van der Waals surface area contributed by atoms with E-state index in [4.69, 9.17) is 17.2 Å². The molecule has 3 aliphatic rings. The summed E-state index contributed by atoms with van der Waals surface area (Å²) in [6.07, 6.45) is -3.99. The number of nitrogens with zero attached hydrogens (tertiary/aromatic N) is 14. The number of pyridine rings is 3. The zero-order valence-corrected chi connectivity index (χ0v) is 68.1. The zero-order valence-electron chi connectivity index (χ0n) is 68.1. The first-order chi connectivity index (χ1) is 58.1. The van der Waals surface area contributed by atoms with Crippen molar-refractivity contribution in [2.24, 2.45) is 14.1 Å². The average Bonchev–Trinajstić information content (AvgIpc) is 1.75. The Bertz CT molecular complexity index is 5900. The number of carbonyl (C=O) groups is 3. The predicted molar refractivity (Wildman–Crippen MR) is 452 cm³/mol. The maximum absolute atomic E-state index is 14.0. The Morgan fingerprint density at radius 2 is 0.762 bits per heavy atom. The molecule has 6 aromatic heterocycles. The Balaban J connectivity index is 0.000000158. The maximum Gasteiger partial charge on any atom is 0.416 e. The summed E-state index contributed by atoms with van der Waals surface area (Å²) in [6.45, 7) is 15.2. The SMILES string of the molecule is Cc1ccc(C(=O)Nc2ccc(CN3CCN(C)CC3)c(C(F)(F)F)c2)cc1C#Cc1c(N)ncc2[nH]cnc12.Cc1ccc(C(=O)Nc2ccc(CN3CCN(C)CC3)c(C(F)(F)F)c2)cc1C#Cc1c(N)ncc2c1cnn2C.Cc1ccc(C(=O)Nc2ccc(CN3CCN(C)CC3)c(C(F)(F)F)c2)cc1C#Cc1c(N)ncc2c1ncn2C. The molecule has 9 heterocycles. The molecule has 0 radical (unpaired) electrons. The van der Waals surface area contributed by atoms with Crippen molar-refractivity contribution in [1.82, 2.24) is 73.7 Å². The molecule has 3 saturated heterocycles. The number of aromatic amines is 1. The van der Waals surface area contributed by atoms with Crippen LogP contribution in [0.2, 0.25) is 0 Å². The van der Waals surface area contributed by atoms with E-state index in [0.717, 1.165) is 90.6 Å². The molecule has 33 heteroatoms. The lowest BCUT2D eigenvalue weighted by molar-refractivity contribution is -0.139. The molecule has 0 atom stereocenters. The van der Waals surface area contributed by atoms with Crippen molar-refractivity contribution in [1.29, 1.82) is 0 Å². The van der Waals surface area contributed by atoms with Gasteiger partial charge in [0.15, 0.2) is 0 Å². The van der Waals surface area contributed by atoms with E-state index in [1.807, 2.05) is 68.2 Å². The molecule has 0 unspecified atom stereocenters. The summed E-state index contributed by atoms with van der Waals surface area (Å²) in [5, 5.41) is 12.8. The van der Waals surface area contributed by atoms with Gasteiger partial charge in [-0.15, -0.1) is 0 Å². The summed E-state index contributed by atoms with van der Waals surface area (Å²) >= 11 is 0. The summed E-state index contributed by atoms with van der Waals surface area (Å²) in [5.74, 6) is 17.3. The van der Waals surface area contributed by atoms with E-state index < -0.39 is 52.9 Å². The van der Waals surface area contributed by atoms with Crippen LogP contribution in [0.15, 0.2) is 147 Å². The number of likely N-dealkylation sites (N-methyl/N-ethyl adjacent to an activating group) is 3. The molecule has 122 heavy (non-hydrogen) atoms. The molecule has 3 fully saturated rings. The fourth-order valence-corrected chi connectivity index (χ4v) is 14.1. The highest BCUT2D eigenvalue weighted by atomic mass is 19.4. The van der Waals surface area contributed by atoms with Crippen LogP contribution in [0, 0.1) is 56.3 Å². The number of aromatic nitrogens is 9. The fraction of sp³-hybridized carbons (Fsp3) is 0.292. The minimum atomic E-state index is -4.55. The van der Waals surface area contributed by atoms with Crippen LogP contribution >= 0.6 is 0 Å². The summed E-state index contributed by atoms with van der Waals surface area (Å²) in [7, 11) is 9.62. The Kier molecular flexibility index (Phi) is 26.1. The number of nitrogens with two attached hydrogens (primary N) is 3. The highest BCUT2D eigenvalue weighted by Crippen LogP contribution is 2.39. The molecule has 15 rings (SSSR count). The van der Waals surface area contributed by atoms with Crippen LogP contribution < -0.4 is 33.2 Å². The smallest absolute Gasteiger partial charge is 0.383 e. The van der Waals surface area contributed by atoms with Gasteiger partial charge in [0, 0.05) is 168 Å². The number of carbonyl (C=O) groups excluding carboxylic acids is 3. The van der Waals surface area contributed by atoms with Gasteiger partial charge in [-0.2, -0.15) is 44.6 Å². The number of H-pyrrole nitrogens is 1. The van der Waals surface area contributed by atoms with Crippen LogP contribution in [0.5, 0.6) is 0 Å². The van der Waals surface area contributed by atoms with Gasteiger partial charge in [0.1, 0.15) is 28.5 Å². The van der Waals surface area contributed by atoms with E-state index in [1.165, 1.54) is 42.7 Å². The number of amides is 3. The standard InChI is InChI=1S/2C30H30F3N7O.C29H28F3N7O/c1-19-4-5-21(14-20(19)7-9-24-25-16-36-39(3)27(25)17-35-28(24)34)29(41)37-23-8-6-22(26(15-23)30(31,32)33)18-40-12-10-38(2)11-13-40;1-19-4-5-21(14-20(19)7-9-24-27-26(16-35-28(24)34)39(3)18-36-27)29(41)37-23-8-6-22(25(15-23)30(31,32)33)17-40-12-10-38(2)11-13-40;1-18-3-4-20(13-19(18)6-8-23-26-25(35-17-36-26)15-34-27(23)33)28(40)37-22-7-5-21(24(14-22)29(30,31)32)16-39-11-9-38(2)10-12-39/h4-6,8,14-17H,10-13,18H2,1-3H3,(H2,34,35)(H,37,41);4-6,8,14-16,18H,10-13,17H2,1-3H3,(H2,34,35)(H,37,41);3-5,7,13-15,17H,9-12,16H2,1-2H3,(H2,33,34)(H,35,36)(H,37,40). The van der Waals surface area contributed by atoms with E-state index in [-0.39, 0.29) is 87.5 Å². The first-order valence-corrected chi connectivity index (χ1v) is 38.9. The van der Waals surface area contributed by atoms with E-state index in [1.54, 1.807) is 97.4 Å². The van der Waals surface area contributed by atoms with Gasteiger partial charge in [0.2, 0.25) is 0 Å². The van der Waals surface area contributed by atoms with Crippen molar-refractivity contribution < 1.29 is 53.9 Å². The molecule has 0 bridgehead atoms. The Hall–Kier alpha value is -13.2. The molecule has 0 spiro atoms. The van der Waals surface area contributed by atoms with Crippen molar-refractivity contribution >= 4 is 85.2 Å². The number of piperazine rings is 3. The molecule has 12 aromatic rings. The number of benzene rings is 6. The number of aryl methyl sites for hydroxylation is 5. The molecular weight excluding hydrogens is 1580 g/mol. The lowest BCUT2D eigenvalue weighted by Crippen LogP contribution is -2.44. The summed E-state index contributed by atoms with van der Waals surface area (Å²) < 4.78 is 129. The molecule has 0 aliphatic carbocycles. The first kappa shape index (κ1) is 86.6. The van der Waals surface area contributed by atoms with Crippen molar-refractivity contribution in [3.8, 4) is 35.5 Å². The molecule has 24 nitrogen and oxygen atoms in total. The largest absolute Gasteiger partial charge is 0.416 e. The number of hydrogen-bond donors (Lipinski definition) is 7. The van der Waals surface area contributed by atoms with Crippen molar-refractivity contribution in [2.75, 3.05) is 133 Å². The van der Waals surface area contributed by atoms with Gasteiger partial charge in [-0.05, 0) is 148 Å². The molecule has 630 valence electrons. The van der Waals surface area contributed by atoms with Crippen LogP contribution in [0.25, 0.3) is 33.0 Å². The van der Waals surface area contributed by atoms with Crippen LogP contribution in [0.4, 0.5) is 74.0 Å². The molecular formula is C89H88F9N21O3. The minimum absolute atomic E-state index is 0.0664. The number of hydrogen-bond acceptors (Lipinski definition) is 18. The predicted octanol–water partition coefficient (Wildman–Crippen LogP) is 12.8. The van der Waals surface area contributed by atoms with Gasteiger partial charge in [-0.25, -0.2) is 24.9 Å². The lowest BCUT2D eigenvalue weighted by atomic mass is 10.0. The third-order valence-electron chi connectivity index (χ3n) is 21.6. The van der Waals surface area contributed by atoms with Crippen LogP contribution in [0.1, 0.15) is 115 Å². The number of rotatable bonds is 12. The highest BCUT2D eigenvalue weighted by Gasteiger charge is 2.38. The number of fused-ring (bicyclic) bond motifs is 3. The third kappa shape index (κ3) is 21.0. The Labute approximate surface area is 697 Å². The molecule has 0 saturated carbocycles. The van der Waals surface area contributed by atoms with E-state index in [2.05, 4.69) is 101 Å². The quantitative estimate of drug-likeness (QED) is 0.0442. The fourth-order valence-electron chi connectivity index (χ4n) is 14.1. The first-order valence-electron chi connectivity index (χ1n) is 38.9. The van der Waals surface area contributed by atoms with Crippen LogP contribution in [0.3, 0.4) is 0 Å². The number of alkyl halides is 9. The summed E-state index contributed by atoms with van der Waals surface area (Å²) in [4.78, 5) is 75.8. The van der Waals surface area contributed by atoms with Crippen molar-refractivity contribution in [3.63, 3.8) is 0 Å². The maximum atomic E-state index is 14.0. The Morgan fingerprint density at radius 3 is 1.15 bits per heavy atom. The zero-order chi connectivity index (χ0) is 87.1. The van der Waals surface area contributed by atoms with Gasteiger partial charge >= 0.3 is 18.5 Å². The lowest BCUT2D eigenvalue weighted by Gasteiger charge is -2.33. The minimum Gasteiger partial charge on any atom is -0.383 e. The van der Waals surface area contributed by atoms with Gasteiger partial charge in [0.25, 0.3) is 17.7 Å². The summed E-state index contributed by atoms with van der Waals surface area (Å²) in [6, 6.07) is 26.7. The van der Waals surface area contributed by atoms with Crippen molar-refractivity contribution in [2.45, 2.75) is 58.9 Å². The van der Waals surface area contributed by atoms with Gasteiger partial charge in [-0.3, -0.25) is 33.8 Å². The number of imidazole rings is 2. The topological polar surface area (TPSA) is 288 Å². The molecule has 6 aromatic carbocycles. The number of nitrogen functional groups attached to an aromatic ring is 3. The summed E-state index contributed by atoms with van der Waals surface area (Å²) in [5.41, 5.74) is 26.5. The number of nitrogens with one attached hydrogen (secondary N) is 4. The van der Waals surface area contributed by atoms with E-state index in [0.29, 0.717) is 89.2 Å². The van der Waals surface area contributed by atoms with Crippen LogP contribution in [-0.4, -0.2) is 191 Å². The van der Waals surface area contributed by atoms with Gasteiger partial charge in [-0.1, -0.05) is 71.9 Å². The van der Waals surface area contributed by atoms with Gasteiger partial charge in [0.05, 0.1) is 87.4 Å². The normalized spacial score (nSPS) is 14.6. The van der Waals surface area contributed by atoms with Gasteiger partial charge < -0.3 is 57.4 Å². The average molecular weight is 1670 g/mol. The van der Waals surface area contributed by atoms with Crippen LogP contribution in [-0.2, 0) is 52.3 Å². The number of anilines is 6. The molecule has 10 N–H and O–H groups in total. The second kappa shape index (κ2) is 36.8.